The van der Waals surface area contributed by atoms with Gasteiger partial charge in [0, 0.05) is 12.7 Å². The lowest BCUT2D eigenvalue weighted by Gasteiger charge is -2.15. The molecule has 0 atom stereocenters. The zero-order chi connectivity index (χ0) is 23.1. The van der Waals surface area contributed by atoms with Crippen molar-refractivity contribution in [3.63, 3.8) is 0 Å². The molecule has 3 aromatic rings. The van der Waals surface area contributed by atoms with Gasteiger partial charge in [0.05, 0.1) is 30.5 Å². The minimum Gasteiger partial charge on any atom is -0.494 e. The number of ether oxygens (including phenoxy) is 1. The van der Waals surface area contributed by atoms with Crippen LogP contribution in [0.3, 0.4) is 0 Å². The zero-order valence-corrected chi connectivity index (χ0v) is 17.2. The van der Waals surface area contributed by atoms with Gasteiger partial charge in [0.15, 0.2) is 5.75 Å². The number of nitrogens with one attached hydrogen (secondary N) is 2. The molecule has 9 heteroatoms. The lowest BCUT2D eigenvalue weighted by atomic mass is 10.0. The third kappa shape index (κ3) is 5.76. The van der Waals surface area contributed by atoms with Gasteiger partial charge in [-0.25, -0.2) is 4.98 Å². The summed E-state index contributed by atoms with van der Waals surface area (Å²) in [5.41, 5.74) is 1.37. The molecule has 0 aliphatic rings. The number of nitrogens with zero attached hydrogens (tertiary/aromatic N) is 1. The van der Waals surface area contributed by atoms with E-state index in [1.54, 1.807) is 42.6 Å². The fourth-order valence-corrected chi connectivity index (χ4v) is 3.18. The molecule has 0 radical (unpaired) electrons. The molecule has 0 spiro atoms. The van der Waals surface area contributed by atoms with E-state index in [0.29, 0.717) is 29.2 Å². The summed E-state index contributed by atoms with van der Waals surface area (Å²) in [5, 5.41) is 14.6. The van der Waals surface area contributed by atoms with E-state index in [1.165, 1.54) is 13.2 Å². The molecule has 0 aliphatic heterocycles. The molecular weight excluding hydrogens is 423 g/mol. The number of pyridine rings is 1. The van der Waals surface area contributed by atoms with Crippen molar-refractivity contribution in [2.75, 3.05) is 25.6 Å². The van der Waals surface area contributed by atoms with Crippen LogP contribution in [0.4, 0.5) is 24.7 Å². The monoisotopic (exact) mass is 445 g/mol. The lowest BCUT2D eigenvalue weighted by Crippen LogP contribution is -2.26. The van der Waals surface area contributed by atoms with E-state index >= 15 is 0 Å². The van der Waals surface area contributed by atoms with E-state index in [-0.39, 0.29) is 18.7 Å². The SMILES string of the molecule is COc1c(Nc2cc(Cc3cccc(C(F)(F)F)c3)ccn2)cccc1C(=O)NCCO. The summed E-state index contributed by atoms with van der Waals surface area (Å²) in [5.74, 6) is 0.347. The van der Waals surface area contributed by atoms with E-state index in [4.69, 9.17) is 9.84 Å². The van der Waals surface area contributed by atoms with Crippen LogP contribution >= 0.6 is 0 Å². The van der Waals surface area contributed by atoms with Gasteiger partial charge in [-0.2, -0.15) is 13.2 Å². The maximum absolute atomic E-state index is 13.0. The third-order valence-corrected chi connectivity index (χ3v) is 4.61. The highest BCUT2D eigenvalue weighted by Crippen LogP contribution is 2.32. The van der Waals surface area contributed by atoms with Gasteiger partial charge in [-0.05, 0) is 47.9 Å². The minimum atomic E-state index is -4.40. The Morgan fingerprint density at radius 1 is 1.09 bits per heavy atom. The lowest BCUT2D eigenvalue weighted by molar-refractivity contribution is -0.137. The number of para-hydroxylation sites is 1. The zero-order valence-electron chi connectivity index (χ0n) is 17.2. The van der Waals surface area contributed by atoms with Crippen molar-refractivity contribution in [1.82, 2.24) is 10.3 Å². The summed E-state index contributed by atoms with van der Waals surface area (Å²) in [6.45, 7) is -0.0760. The normalized spacial score (nSPS) is 11.2. The molecule has 0 unspecified atom stereocenters. The first kappa shape index (κ1) is 23.1. The third-order valence-electron chi connectivity index (χ3n) is 4.61. The number of halogens is 3. The first-order chi connectivity index (χ1) is 15.3. The van der Waals surface area contributed by atoms with E-state index in [2.05, 4.69) is 15.6 Å². The van der Waals surface area contributed by atoms with Crippen LogP contribution < -0.4 is 15.4 Å². The fourth-order valence-electron chi connectivity index (χ4n) is 3.18. The Kier molecular flexibility index (Phi) is 7.32. The van der Waals surface area contributed by atoms with Crippen molar-refractivity contribution in [2.24, 2.45) is 0 Å². The molecule has 168 valence electrons. The van der Waals surface area contributed by atoms with Crippen LogP contribution in [-0.4, -0.2) is 36.3 Å². The second-order valence-electron chi connectivity index (χ2n) is 6.92. The number of carbonyl (C=O) groups is 1. The van der Waals surface area contributed by atoms with Gasteiger partial charge in [0.1, 0.15) is 5.82 Å². The highest BCUT2D eigenvalue weighted by atomic mass is 19.4. The Hall–Kier alpha value is -3.59. The summed E-state index contributed by atoms with van der Waals surface area (Å²) in [4.78, 5) is 16.6. The topological polar surface area (TPSA) is 83.5 Å². The number of aromatic nitrogens is 1. The van der Waals surface area contributed by atoms with Gasteiger partial charge in [-0.1, -0.05) is 24.3 Å². The van der Waals surface area contributed by atoms with Crippen molar-refractivity contribution < 1.29 is 27.8 Å². The summed E-state index contributed by atoms with van der Waals surface area (Å²) in [6, 6.07) is 13.6. The minimum absolute atomic E-state index is 0.110. The van der Waals surface area contributed by atoms with Gasteiger partial charge < -0.3 is 20.5 Å². The van der Waals surface area contributed by atoms with Crippen LogP contribution in [0.25, 0.3) is 0 Å². The summed E-state index contributed by atoms with van der Waals surface area (Å²) < 4.78 is 44.3. The molecule has 0 bridgehead atoms. The van der Waals surface area contributed by atoms with E-state index < -0.39 is 17.6 Å². The number of carbonyl (C=O) groups excluding carboxylic acids is 1. The smallest absolute Gasteiger partial charge is 0.416 e. The van der Waals surface area contributed by atoms with Gasteiger partial charge >= 0.3 is 6.18 Å². The largest absolute Gasteiger partial charge is 0.494 e. The molecule has 1 aromatic heterocycles. The molecule has 0 fully saturated rings. The number of anilines is 2. The molecule has 1 heterocycles. The highest BCUT2D eigenvalue weighted by Gasteiger charge is 2.30. The predicted molar refractivity (Wildman–Crippen MR) is 114 cm³/mol. The van der Waals surface area contributed by atoms with Crippen LogP contribution in [0, 0.1) is 0 Å². The van der Waals surface area contributed by atoms with Crippen molar-refractivity contribution >= 4 is 17.4 Å². The summed E-state index contributed by atoms with van der Waals surface area (Å²) >= 11 is 0. The number of hydrogen-bond donors (Lipinski definition) is 3. The maximum atomic E-state index is 13.0. The highest BCUT2D eigenvalue weighted by molar-refractivity contribution is 5.99. The number of methoxy groups -OCH3 is 1. The predicted octanol–water partition coefficient (Wildman–Crippen LogP) is 4.17. The Morgan fingerprint density at radius 3 is 2.56 bits per heavy atom. The number of hydrogen-bond acceptors (Lipinski definition) is 5. The molecule has 1 amide bonds. The van der Waals surface area contributed by atoms with Gasteiger partial charge in [-0.3, -0.25) is 4.79 Å². The Balaban J connectivity index is 1.82. The molecule has 0 saturated heterocycles. The van der Waals surface area contributed by atoms with Crippen LogP contribution in [0.2, 0.25) is 0 Å². The van der Waals surface area contributed by atoms with Crippen molar-refractivity contribution in [1.29, 1.82) is 0 Å². The van der Waals surface area contributed by atoms with Crippen LogP contribution in [0.1, 0.15) is 27.0 Å². The van der Waals surface area contributed by atoms with Crippen molar-refractivity contribution in [3.05, 3.63) is 83.0 Å². The molecule has 32 heavy (non-hydrogen) atoms. The van der Waals surface area contributed by atoms with Gasteiger partial charge in [0.25, 0.3) is 5.91 Å². The summed E-state index contributed by atoms with van der Waals surface area (Å²) in [6.07, 6.45) is -2.55. The second-order valence-corrected chi connectivity index (χ2v) is 6.92. The Bertz CT molecular complexity index is 1090. The van der Waals surface area contributed by atoms with Crippen molar-refractivity contribution in [3.8, 4) is 5.75 Å². The number of aliphatic hydroxyl groups excluding tert-OH is 1. The Morgan fingerprint density at radius 2 is 1.84 bits per heavy atom. The van der Waals surface area contributed by atoms with Crippen LogP contribution in [-0.2, 0) is 12.6 Å². The molecule has 6 nitrogen and oxygen atoms in total. The van der Waals surface area contributed by atoms with Crippen LogP contribution in [0.15, 0.2) is 60.8 Å². The number of amides is 1. The second kappa shape index (κ2) is 10.1. The average molecular weight is 445 g/mol. The van der Waals surface area contributed by atoms with E-state index in [9.17, 15) is 18.0 Å². The first-order valence-corrected chi connectivity index (χ1v) is 9.76. The Labute approximate surface area is 183 Å². The molecule has 0 saturated carbocycles. The van der Waals surface area contributed by atoms with Gasteiger partial charge in [-0.15, -0.1) is 0 Å². The van der Waals surface area contributed by atoms with E-state index in [1.807, 2.05) is 0 Å². The molecule has 2 aromatic carbocycles. The maximum Gasteiger partial charge on any atom is 0.416 e. The first-order valence-electron chi connectivity index (χ1n) is 9.76. The number of alkyl halides is 3. The molecule has 0 aliphatic carbocycles. The fraction of sp³-hybridized carbons (Fsp3) is 0.217. The quantitative estimate of drug-likeness (QED) is 0.485. The average Bonchev–Trinajstić information content (AvgIpc) is 2.77. The van der Waals surface area contributed by atoms with E-state index in [0.717, 1.165) is 17.7 Å². The molecular formula is C23H22F3N3O3. The van der Waals surface area contributed by atoms with Crippen molar-refractivity contribution in [2.45, 2.75) is 12.6 Å². The summed E-state index contributed by atoms with van der Waals surface area (Å²) in [7, 11) is 1.43. The molecule has 3 N–H and O–H groups in total. The van der Waals surface area contributed by atoms with Gasteiger partial charge in [0.2, 0.25) is 0 Å². The number of aliphatic hydroxyl groups is 1. The number of benzene rings is 2. The van der Waals surface area contributed by atoms with Crippen LogP contribution in [0.5, 0.6) is 5.75 Å². The standard InChI is InChI=1S/C23H22F3N3O3/c1-32-21-18(22(31)28-10-11-30)6-3-7-19(21)29-20-14-16(8-9-27-20)12-15-4-2-5-17(13-15)23(24,25)26/h2-9,13-14,30H,10-12H2,1H3,(H,27,29)(H,28,31). The number of rotatable bonds is 8. The molecule has 3 rings (SSSR count).